The molecule has 1 heterocycles. The summed E-state index contributed by atoms with van der Waals surface area (Å²) in [6.45, 7) is 1.46. The Balaban J connectivity index is 1.93. The molecule has 0 aliphatic heterocycles. The molecule has 0 saturated heterocycles. The Bertz CT molecular complexity index is 1020. The fourth-order valence-electron chi connectivity index (χ4n) is 2.50. The Labute approximate surface area is 154 Å². The van der Waals surface area contributed by atoms with Crippen molar-refractivity contribution in [3.05, 3.63) is 81.5 Å². The summed E-state index contributed by atoms with van der Waals surface area (Å²) in [5.74, 6) is -0.557. The SMILES string of the molecule is Cc1cc(=O)n(CC(=O)Nc2cccc(F)c2)c(-c2ccc(Cl)cc2)n1. The molecule has 3 aromatic rings. The van der Waals surface area contributed by atoms with Crippen molar-refractivity contribution in [3.63, 3.8) is 0 Å². The Hall–Kier alpha value is -2.99. The van der Waals surface area contributed by atoms with Gasteiger partial charge in [-0.05, 0) is 49.4 Å². The van der Waals surface area contributed by atoms with Gasteiger partial charge in [0.1, 0.15) is 18.2 Å². The van der Waals surface area contributed by atoms with E-state index in [9.17, 15) is 14.0 Å². The zero-order valence-corrected chi connectivity index (χ0v) is 14.6. The van der Waals surface area contributed by atoms with Gasteiger partial charge in [-0.25, -0.2) is 9.37 Å². The number of rotatable bonds is 4. The number of amides is 1. The molecule has 0 spiro atoms. The molecule has 0 aliphatic carbocycles. The number of hydrogen-bond donors (Lipinski definition) is 1. The van der Waals surface area contributed by atoms with Crippen LogP contribution in [0.5, 0.6) is 0 Å². The minimum atomic E-state index is -0.460. The van der Waals surface area contributed by atoms with Gasteiger partial charge in [-0.15, -0.1) is 0 Å². The molecule has 0 radical (unpaired) electrons. The van der Waals surface area contributed by atoms with Crippen LogP contribution >= 0.6 is 11.6 Å². The highest BCUT2D eigenvalue weighted by Gasteiger charge is 2.13. The van der Waals surface area contributed by atoms with E-state index in [4.69, 9.17) is 11.6 Å². The predicted octanol–water partition coefficient (Wildman–Crippen LogP) is 3.65. The second-order valence-electron chi connectivity index (χ2n) is 5.71. The minimum Gasteiger partial charge on any atom is -0.324 e. The van der Waals surface area contributed by atoms with Crippen LogP contribution in [0, 0.1) is 12.7 Å². The van der Waals surface area contributed by atoms with Crippen molar-refractivity contribution in [2.45, 2.75) is 13.5 Å². The quantitative estimate of drug-likeness (QED) is 0.761. The second-order valence-corrected chi connectivity index (χ2v) is 6.15. The second kappa shape index (κ2) is 7.49. The highest BCUT2D eigenvalue weighted by molar-refractivity contribution is 6.30. The number of carbonyl (C=O) groups is 1. The van der Waals surface area contributed by atoms with Gasteiger partial charge in [-0.1, -0.05) is 17.7 Å². The third kappa shape index (κ3) is 4.15. The fourth-order valence-corrected chi connectivity index (χ4v) is 2.63. The summed E-state index contributed by atoms with van der Waals surface area (Å²) in [6.07, 6.45) is 0. The van der Waals surface area contributed by atoms with Gasteiger partial charge in [0.15, 0.2) is 0 Å². The molecule has 2 aromatic carbocycles. The molecule has 7 heteroatoms. The highest BCUT2D eigenvalue weighted by atomic mass is 35.5. The van der Waals surface area contributed by atoms with E-state index in [-0.39, 0.29) is 12.1 Å². The molecule has 0 aliphatic rings. The van der Waals surface area contributed by atoms with Crippen molar-refractivity contribution in [1.82, 2.24) is 9.55 Å². The number of nitrogens with zero attached hydrogens (tertiary/aromatic N) is 2. The van der Waals surface area contributed by atoms with Crippen LogP contribution in [0.1, 0.15) is 5.69 Å². The van der Waals surface area contributed by atoms with Crippen LogP contribution in [0.25, 0.3) is 11.4 Å². The topological polar surface area (TPSA) is 64.0 Å². The number of benzene rings is 2. The molecule has 26 heavy (non-hydrogen) atoms. The average molecular weight is 372 g/mol. The maximum atomic E-state index is 13.2. The maximum Gasteiger partial charge on any atom is 0.254 e. The smallest absolute Gasteiger partial charge is 0.254 e. The first-order valence-electron chi connectivity index (χ1n) is 7.82. The maximum absolute atomic E-state index is 13.2. The molecular weight excluding hydrogens is 357 g/mol. The number of aryl methyl sites for hydroxylation is 1. The van der Waals surface area contributed by atoms with Gasteiger partial charge in [-0.3, -0.25) is 14.2 Å². The van der Waals surface area contributed by atoms with Crippen molar-refractivity contribution >= 4 is 23.2 Å². The molecule has 5 nitrogen and oxygen atoms in total. The summed E-state index contributed by atoms with van der Waals surface area (Å²) >= 11 is 5.91. The lowest BCUT2D eigenvalue weighted by Gasteiger charge is -2.13. The van der Waals surface area contributed by atoms with E-state index in [1.54, 1.807) is 37.3 Å². The number of halogens is 2. The van der Waals surface area contributed by atoms with E-state index in [1.807, 2.05) is 0 Å². The standard InChI is InChI=1S/C19H15ClFN3O2/c1-12-9-18(26)24(19(22-12)13-5-7-14(20)8-6-13)11-17(25)23-16-4-2-3-15(21)10-16/h2-10H,11H2,1H3,(H,23,25). The Morgan fingerprint density at radius 3 is 2.62 bits per heavy atom. The number of aromatic nitrogens is 2. The van der Waals surface area contributed by atoms with Crippen molar-refractivity contribution in [3.8, 4) is 11.4 Å². The van der Waals surface area contributed by atoms with E-state index < -0.39 is 11.7 Å². The number of anilines is 1. The predicted molar refractivity (Wildman–Crippen MR) is 98.7 cm³/mol. The molecule has 132 valence electrons. The average Bonchev–Trinajstić information content (AvgIpc) is 2.58. The number of hydrogen-bond acceptors (Lipinski definition) is 3. The molecule has 0 fully saturated rings. The lowest BCUT2D eigenvalue weighted by Crippen LogP contribution is -2.29. The number of carbonyl (C=O) groups excluding carboxylic acids is 1. The molecule has 0 atom stereocenters. The zero-order valence-electron chi connectivity index (χ0n) is 13.9. The van der Waals surface area contributed by atoms with Crippen molar-refractivity contribution in [2.24, 2.45) is 0 Å². The first kappa shape index (κ1) is 17.8. The Morgan fingerprint density at radius 1 is 1.19 bits per heavy atom. The van der Waals surface area contributed by atoms with Gasteiger partial charge in [-0.2, -0.15) is 0 Å². The summed E-state index contributed by atoms with van der Waals surface area (Å²) in [5.41, 5.74) is 1.17. The summed E-state index contributed by atoms with van der Waals surface area (Å²) in [4.78, 5) is 29.1. The monoisotopic (exact) mass is 371 g/mol. The van der Waals surface area contributed by atoms with E-state index in [0.717, 1.165) is 0 Å². The van der Waals surface area contributed by atoms with E-state index >= 15 is 0 Å². The van der Waals surface area contributed by atoms with E-state index in [2.05, 4.69) is 10.3 Å². The molecule has 1 N–H and O–H groups in total. The van der Waals surface area contributed by atoms with Gasteiger partial charge >= 0.3 is 0 Å². The van der Waals surface area contributed by atoms with E-state index in [0.29, 0.717) is 27.8 Å². The third-order valence-electron chi connectivity index (χ3n) is 3.65. The minimum absolute atomic E-state index is 0.249. The van der Waals surface area contributed by atoms with Gasteiger partial charge in [0, 0.05) is 28.0 Å². The fraction of sp³-hybridized carbons (Fsp3) is 0.105. The molecular formula is C19H15ClFN3O2. The normalized spacial score (nSPS) is 10.6. The highest BCUT2D eigenvalue weighted by Crippen LogP contribution is 2.19. The summed E-state index contributed by atoms with van der Waals surface area (Å²) in [6, 6.07) is 13.7. The lowest BCUT2D eigenvalue weighted by molar-refractivity contribution is -0.116. The Morgan fingerprint density at radius 2 is 1.92 bits per heavy atom. The summed E-state index contributed by atoms with van der Waals surface area (Å²) < 4.78 is 14.5. The Kier molecular flexibility index (Phi) is 5.14. The van der Waals surface area contributed by atoms with Crippen LogP contribution in [0.3, 0.4) is 0 Å². The first-order chi connectivity index (χ1) is 12.4. The summed E-state index contributed by atoms with van der Waals surface area (Å²) in [5, 5.41) is 3.13. The van der Waals surface area contributed by atoms with Crippen molar-refractivity contribution in [2.75, 3.05) is 5.32 Å². The molecule has 0 unspecified atom stereocenters. The molecule has 0 saturated carbocycles. The molecule has 0 bridgehead atoms. The largest absolute Gasteiger partial charge is 0.324 e. The van der Waals surface area contributed by atoms with Crippen LogP contribution in [0.15, 0.2) is 59.4 Å². The van der Waals surface area contributed by atoms with Crippen molar-refractivity contribution < 1.29 is 9.18 Å². The summed E-state index contributed by atoms with van der Waals surface area (Å²) in [7, 11) is 0. The van der Waals surface area contributed by atoms with Gasteiger partial charge in [0.05, 0.1) is 0 Å². The third-order valence-corrected chi connectivity index (χ3v) is 3.90. The number of nitrogens with one attached hydrogen (secondary N) is 1. The molecule has 1 aromatic heterocycles. The van der Waals surface area contributed by atoms with Crippen LogP contribution in [-0.4, -0.2) is 15.5 Å². The molecule has 1 amide bonds. The van der Waals surface area contributed by atoms with Crippen LogP contribution in [0.4, 0.5) is 10.1 Å². The van der Waals surface area contributed by atoms with Crippen LogP contribution < -0.4 is 10.9 Å². The van der Waals surface area contributed by atoms with Crippen molar-refractivity contribution in [1.29, 1.82) is 0 Å². The van der Waals surface area contributed by atoms with Gasteiger partial charge in [0.2, 0.25) is 5.91 Å². The lowest BCUT2D eigenvalue weighted by atomic mass is 10.2. The first-order valence-corrected chi connectivity index (χ1v) is 8.20. The van der Waals surface area contributed by atoms with E-state index in [1.165, 1.54) is 28.8 Å². The van der Waals surface area contributed by atoms with Gasteiger partial charge in [0.25, 0.3) is 5.56 Å². The van der Waals surface area contributed by atoms with Gasteiger partial charge < -0.3 is 5.32 Å². The molecule has 3 rings (SSSR count). The van der Waals surface area contributed by atoms with Crippen LogP contribution in [-0.2, 0) is 11.3 Å². The zero-order chi connectivity index (χ0) is 18.7. The van der Waals surface area contributed by atoms with Crippen LogP contribution in [0.2, 0.25) is 5.02 Å².